The van der Waals surface area contributed by atoms with E-state index in [1.165, 1.54) is 0 Å². The Morgan fingerprint density at radius 2 is 1.76 bits per heavy atom. The summed E-state index contributed by atoms with van der Waals surface area (Å²) in [6.45, 7) is 0. The second-order valence-corrected chi connectivity index (χ2v) is 7.51. The number of halogens is 9. The maximum absolute atomic E-state index is 14.5. The van der Waals surface area contributed by atoms with Crippen LogP contribution in [0.15, 0.2) is 44.9 Å². The molecule has 2 heterocycles. The third kappa shape index (κ3) is 4.31. The van der Waals surface area contributed by atoms with Gasteiger partial charge in [-0.1, -0.05) is 23.2 Å². The van der Waals surface area contributed by atoms with E-state index in [9.17, 15) is 40.3 Å². The molecule has 2 unspecified atom stereocenters. The Morgan fingerprint density at radius 3 is 2.33 bits per heavy atom. The van der Waals surface area contributed by atoms with Gasteiger partial charge >= 0.3 is 18.0 Å². The number of aromatic nitrogens is 2. The monoisotopic (exact) mass is 520 g/mol. The Bertz CT molecular complexity index is 1280. The van der Waals surface area contributed by atoms with Gasteiger partial charge in [-0.3, -0.25) is 4.79 Å². The number of hydrogen-bond acceptors (Lipinski definition) is 5. The molecule has 178 valence electrons. The van der Waals surface area contributed by atoms with E-state index in [0.717, 1.165) is 12.3 Å². The molecule has 2 N–H and O–H groups in total. The molecule has 33 heavy (non-hydrogen) atoms. The summed E-state index contributed by atoms with van der Waals surface area (Å²) in [6.07, 6.45) is -10.0. The van der Waals surface area contributed by atoms with Gasteiger partial charge in [-0.15, -0.1) is 0 Å². The highest BCUT2D eigenvalue weighted by Gasteiger charge is 2.59. The summed E-state index contributed by atoms with van der Waals surface area (Å²) in [5.74, 6) is 2.99. The van der Waals surface area contributed by atoms with Crippen LogP contribution < -0.4 is 21.8 Å². The molecule has 3 rings (SSSR count). The van der Waals surface area contributed by atoms with Crippen molar-refractivity contribution < 1.29 is 35.5 Å². The number of alkyl halides is 7. The van der Waals surface area contributed by atoms with E-state index < -0.39 is 67.4 Å². The number of rotatable bonds is 3. The van der Waals surface area contributed by atoms with Crippen molar-refractivity contribution >= 4 is 29.4 Å². The lowest BCUT2D eigenvalue weighted by Crippen LogP contribution is -2.51. The van der Waals surface area contributed by atoms with Gasteiger partial charge in [0.05, 0.1) is 10.7 Å². The number of hydrogen-bond donors (Lipinski definition) is 1. The molecule has 1 aliphatic rings. The first-order chi connectivity index (χ1) is 15.1. The minimum Gasteiger partial charge on any atom is -0.464 e. The van der Waals surface area contributed by atoms with Crippen LogP contribution in [0, 0.1) is 5.82 Å². The van der Waals surface area contributed by atoms with Crippen LogP contribution in [0.2, 0.25) is 5.02 Å². The number of benzene rings is 1. The summed E-state index contributed by atoms with van der Waals surface area (Å²) in [6, 6.07) is 0.914. The minimum absolute atomic E-state index is 0.0698. The van der Waals surface area contributed by atoms with E-state index in [1.54, 1.807) is 0 Å². The molecule has 7 nitrogen and oxygen atoms in total. The van der Waals surface area contributed by atoms with E-state index in [1.807, 2.05) is 0 Å². The number of nitrogen functional groups attached to an aromatic ring is 1. The zero-order chi connectivity index (χ0) is 24.9. The van der Waals surface area contributed by atoms with Crippen LogP contribution in [-0.4, -0.2) is 32.7 Å². The molecule has 2 aromatic rings. The van der Waals surface area contributed by atoms with Crippen LogP contribution in [0.4, 0.5) is 30.7 Å². The van der Waals surface area contributed by atoms with Crippen LogP contribution in [0.3, 0.4) is 0 Å². The Balaban J connectivity index is 2.15. The average Bonchev–Trinajstić information content (AvgIpc) is 2.68. The summed E-state index contributed by atoms with van der Waals surface area (Å²) in [4.78, 5) is 24.8. The van der Waals surface area contributed by atoms with E-state index >= 15 is 0 Å². The number of nitrogens with two attached hydrogens (primary N) is 1. The average molecular weight is 521 g/mol. The summed E-state index contributed by atoms with van der Waals surface area (Å²) in [7, 11) is 0. The molecule has 1 aromatic heterocycles. The summed E-state index contributed by atoms with van der Waals surface area (Å²) < 4.78 is 98.2. The molecular formula is C17H9Cl2F7N4O3. The maximum atomic E-state index is 14.5. The third-order valence-corrected chi connectivity index (χ3v) is 5.17. The first-order valence-electron chi connectivity index (χ1n) is 8.42. The predicted octanol–water partition coefficient (Wildman–Crippen LogP) is 3.41. The van der Waals surface area contributed by atoms with E-state index in [0.29, 0.717) is 18.2 Å². The normalized spacial score (nSPS) is 20.8. The highest BCUT2D eigenvalue weighted by Crippen LogP contribution is 2.44. The summed E-state index contributed by atoms with van der Waals surface area (Å²) in [5, 5.41) is -0.616. The highest BCUT2D eigenvalue weighted by molar-refractivity contribution is 6.32. The molecule has 16 heteroatoms. The fraction of sp³-hybridized carbons (Fsp3) is 0.235. The lowest BCUT2D eigenvalue weighted by atomic mass is 10.0. The molecular weight excluding hydrogens is 512 g/mol. The molecule has 0 saturated heterocycles. The second-order valence-electron chi connectivity index (χ2n) is 6.48. The molecule has 0 bridgehead atoms. The molecule has 0 aliphatic carbocycles. The maximum Gasteiger partial charge on any atom is 0.433 e. The quantitative estimate of drug-likeness (QED) is 0.381. The number of nitrogens with zero attached hydrogens (tertiary/aromatic N) is 3. The molecule has 1 aromatic carbocycles. The van der Waals surface area contributed by atoms with Gasteiger partial charge in [0.1, 0.15) is 11.6 Å². The zero-order valence-electron chi connectivity index (χ0n) is 15.6. The van der Waals surface area contributed by atoms with Crippen LogP contribution in [0.25, 0.3) is 5.69 Å². The van der Waals surface area contributed by atoms with Crippen LogP contribution in [0.1, 0.15) is 5.69 Å². The smallest absolute Gasteiger partial charge is 0.433 e. The largest absolute Gasteiger partial charge is 0.464 e. The standard InChI is InChI=1S/C17H9Cl2F7N4O3/c18-7-4-8(20)9(29-12(31)6-11(16(21,22)23)30(27)14(29)32)5-10(7)33-13-15(19,17(24,25)26)2-1-3-28-13/h1-6,13H,27H2. The van der Waals surface area contributed by atoms with Crippen molar-refractivity contribution in [2.75, 3.05) is 5.84 Å². The topological polar surface area (TPSA) is 91.6 Å². The van der Waals surface area contributed by atoms with E-state index in [-0.39, 0.29) is 10.6 Å². The van der Waals surface area contributed by atoms with Crippen LogP contribution >= 0.6 is 23.2 Å². The summed E-state index contributed by atoms with van der Waals surface area (Å²) in [5.41, 5.74) is -6.26. The Labute approximate surface area is 188 Å². The van der Waals surface area contributed by atoms with Gasteiger partial charge in [0.15, 0.2) is 5.69 Å². The predicted molar refractivity (Wildman–Crippen MR) is 103 cm³/mol. The van der Waals surface area contributed by atoms with Gasteiger partial charge in [0.25, 0.3) is 5.56 Å². The van der Waals surface area contributed by atoms with Gasteiger partial charge in [0, 0.05) is 18.3 Å². The molecule has 2 atom stereocenters. The molecule has 1 aliphatic heterocycles. The Kier molecular flexibility index (Phi) is 6.04. The first-order valence-corrected chi connectivity index (χ1v) is 9.17. The van der Waals surface area contributed by atoms with Gasteiger partial charge in [0.2, 0.25) is 11.1 Å². The van der Waals surface area contributed by atoms with Crippen molar-refractivity contribution in [2.45, 2.75) is 23.5 Å². The van der Waals surface area contributed by atoms with Crippen molar-refractivity contribution in [1.29, 1.82) is 0 Å². The second kappa shape index (κ2) is 8.09. The van der Waals surface area contributed by atoms with Crippen LogP contribution in [-0.2, 0) is 6.18 Å². The fourth-order valence-electron chi connectivity index (χ4n) is 2.75. The Morgan fingerprint density at radius 1 is 1.12 bits per heavy atom. The first kappa shape index (κ1) is 24.6. The number of ether oxygens (including phenoxy) is 1. The van der Waals surface area contributed by atoms with Gasteiger partial charge < -0.3 is 10.6 Å². The highest BCUT2D eigenvalue weighted by atomic mass is 35.5. The summed E-state index contributed by atoms with van der Waals surface area (Å²) >= 11 is 11.4. The van der Waals surface area contributed by atoms with Gasteiger partial charge in [-0.05, 0) is 18.2 Å². The van der Waals surface area contributed by atoms with Crippen molar-refractivity contribution in [1.82, 2.24) is 9.24 Å². The number of dihydropyridines is 1. The molecule has 0 amide bonds. The number of aliphatic imine (C=N–C) groups is 1. The van der Waals surface area contributed by atoms with Gasteiger partial charge in [-0.25, -0.2) is 23.4 Å². The lowest BCUT2D eigenvalue weighted by molar-refractivity contribution is -0.168. The molecule has 0 radical (unpaired) electrons. The van der Waals surface area contributed by atoms with E-state index in [2.05, 4.69) is 4.99 Å². The molecule has 0 fully saturated rings. The fourth-order valence-corrected chi connectivity index (χ4v) is 3.12. The van der Waals surface area contributed by atoms with Crippen molar-refractivity contribution in [3.8, 4) is 11.4 Å². The van der Waals surface area contributed by atoms with Gasteiger partial charge in [-0.2, -0.15) is 26.3 Å². The zero-order valence-corrected chi connectivity index (χ0v) is 17.1. The van der Waals surface area contributed by atoms with Crippen molar-refractivity contribution in [2.24, 2.45) is 4.99 Å². The van der Waals surface area contributed by atoms with Crippen molar-refractivity contribution in [3.05, 3.63) is 67.7 Å². The molecule has 0 spiro atoms. The minimum atomic E-state index is -5.19. The SMILES string of the molecule is Nn1c(C(F)(F)F)cc(=O)n(-c2cc(OC3N=CC=CC3(Cl)C(F)(F)F)c(Cl)cc2F)c1=O. The van der Waals surface area contributed by atoms with Crippen molar-refractivity contribution in [3.63, 3.8) is 0 Å². The lowest BCUT2D eigenvalue weighted by Gasteiger charge is -2.33. The van der Waals surface area contributed by atoms with Crippen LogP contribution in [0.5, 0.6) is 5.75 Å². The molecule has 0 saturated carbocycles. The third-order valence-electron chi connectivity index (χ3n) is 4.35. The Hall–Kier alpha value is -3.00. The number of allylic oxidation sites excluding steroid dienone is 1. The van der Waals surface area contributed by atoms with E-state index in [4.69, 9.17) is 33.8 Å².